The van der Waals surface area contributed by atoms with Gasteiger partial charge in [0.25, 0.3) is 5.91 Å². The molecule has 0 aliphatic rings. The van der Waals surface area contributed by atoms with E-state index in [1.54, 1.807) is 23.2 Å². The molecule has 1 aromatic heterocycles. The molecule has 2 rings (SSSR count). The molecule has 0 aliphatic carbocycles. The summed E-state index contributed by atoms with van der Waals surface area (Å²) in [6.45, 7) is 2.06. The van der Waals surface area contributed by atoms with Crippen LogP contribution < -0.4 is 10.3 Å². The van der Waals surface area contributed by atoms with Gasteiger partial charge in [0.2, 0.25) is 0 Å². The van der Waals surface area contributed by atoms with Crippen LogP contribution in [0.3, 0.4) is 0 Å². The molecular weight excluding hydrogens is 266 g/mol. The zero-order valence-corrected chi connectivity index (χ0v) is 12.4. The van der Waals surface area contributed by atoms with E-state index >= 15 is 0 Å². The lowest BCUT2D eigenvalue weighted by Gasteiger charge is -2.11. The van der Waals surface area contributed by atoms with Crippen LogP contribution in [0.2, 0.25) is 0 Å². The summed E-state index contributed by atoms with van der Waals surface area (Å²) in [6, 6.07) is 7.89. The van der Waals surface area contributed by atoms with Crippen LogP contribution in [0.1, 0.15) is 11.4 Å². The minimum atomic E-state index is -0.183. The third kappa shape index (κ3) is 4.17. The molecule has 1 N–H and O–H groups in total. The van der Waals surface area contributed by atoms with Crippen LogP contribution in [-0.2, 0) is 11.3 Å². The van der Waals surface area contributed by atoms with Crippen molar-refractivity contribution in [2.75, 3.05) is 19.0 Å². The number of amides is 1. The summed E-state index contributed by atoms with van der Waals surface area (Å²) in [5.74, 6) is 0.616. The summed E-state index contributed by atoms with van der Waals surface area (Å²) in [5.41, 5.74) is 4.55. The maximum absolute atomic E-state index is 11.7. The minimum Gasteiger partial charge on any atom is -0.378 e. The van der Waals surface area contributed by atoms with Crippen molar-refractivity contribution < 1.29 is 4.79 Å². The first kappa shape index (κ1) is 14.8. The van der Waals surface area contributed by atoms with Crippen molar-refractivity contribution in [1.29, 1.82) is 0 Å². The summed E-state index contributed by atoms with van der Waals surface area (Å²) in [5, 5.41) is 3.95. The van der Waals surface area contributed by atoms with E-state index in [4.69, 9.17) is 0 Å². The number of carbonyl (C=O) groups is 1. The third-order valence-corrected chi connectivity index (χ3v) is 3.05. The van der Waals surface area contributed by atoms with Crippen LogP contribution in [0.15, 0.2) is 41.8 Å². The maximum atomic E-state index is 11.7. The molecule has 6 nitrogen and oxygen atoms in total. The van der Waals surface area contributed by atoms with Crippen LogP contribution in [0.4, 0.5) is 5.69 Å². The average molecular weight is 285 g/mol. The summed E-state index contributed by atoms with van der Waals surface area (Å²) >= 11 is 0. The van der Waals surface area contributed by atoms with E-state index in [-0.39, 0.29) is 12.5 Å². The van der Waals surface area contributed by atoms with E-state index in [0.29, 0.717) is 0 Å². The second-order valence-corrected chi connectivity index (χ2v) is 4.88. The number of hydrazone groups is 1. The Kier molecular flexibility index (Phi) is 4.71. The van der Waals surface area contributed by atoms with E-state index in [1.165, 1.54) is 0 Å². The summed E-state index contributed by atoms with van der Waals surface area (Å²) in [4.78, 5) is 17.8. The fourth-order valence-corrected chi connectivity index (χ4v) is 1.80. The molecule has 110 valence electrons. The van der Waals surface area contributed by atoms with Gasteiger partial charge in [0.1, 0.15) is 12.4 Å². The first-order chi connectivity index (χ1) is 10.1. The fraction of sp³-hybridized carbons (Fsp3) is 0.267. The molecule has 0 unspecified atom stereocenters. The van der Waals surface area contributed by atoms with Gasteiger partial charge in [-0.3, -0.25) is 4.79 Å². The Hall–Kier alpha value is -2.63. The molecule has 1 amide bonds. The van der Waals surface area contributed by atoms with Gasteiger partial charge in [0.15, 0.2) is 0 Å². The standard InChI is InChI=1S/C15H19N5O/c1-12-16-8-9-20(12)11-15(21)18-17-10-13-4-6-14(7-5-13)19(2)3/h4-10H,11H2,1-3H3,(H,18,21)/b17-10+. The first-order valence-electron chi connectivity index (χ1n) is 6.63. The quantitative estimate of drug-likeness (QED) is 0.667. The van der Waals surface area contributed by atoms with Crippen LogP contribution in [0.5, 0.6) is 0 Å². The van der Waals surface area contributed by atoms with Crippen molar-refractivity contribution in [3.8, 4) is 0 Å². The highest BCUT2D eigenvalue weighted by atomic mass is 16.2. The van der Waals surface area contributed by atoms with Crippen molar-refractivity contribution in [3.05, 3.63) is 48.0 Å². The van der Waals surface area contributed by atoms with E-state index in [0.717, 1.165) is 17.1 Å². The Bertz CT molecular complexity index is 628. The van der Waals surface area contributed by atoms with Crippen molar-refractivity contribution >= 4 is 17.8 Å². The van der Waals surface area contributed by atoms with Crippen molar-refractivity contribution in [2.45, 2.75) is 13.5 Å². The van der Waals surface area contributed by atoms with Crippen LogP contribution in [-0.4, -0.2) is 35.8 Å². The lowest BCUT2D eigenvalue weighted by Crippen LogP contribution is -2.23. The van der Waals surface area contributed by atoms with Gasteiger partial charge >= 0.3 is 0 Å². The SMILES string of the molecule is Cc1nccn1CC(=O)N/N=C/c1ccc(N(C)C)cc1. The molecule has 6 heteroatoms. The summed E-state index contributed by atoms with van der Waals surface area (Å²) in [7, 11) is 3.98. The summed E-state index contributed by atoms with van der Waals surface area (Å²) in [6.07, 6.45) is 5.05. The second kappa shape index (κ2) is 6.69. The monoisotopic (exact) mass is 285 g/mol. The van der Waals surface area contributed by atoms with Gasteiger partial charge in [0, 0.05) is 32.2 Å². The van der Waals surface area contributed by atoms with Gasteiger partial charge in [-0.25, -0.2) is 10.4 Å². The van der Waals surface area contributed by atoms with Crippen molar-refractivity contribution in [3.63, 3.8) is 0 Å². The highest BCUT2D eigenvalue weighted by Gasteiger charge is 2.03. The number of aryl methyl sites for hydroxylation is 1. The molecule has 0 atom stereocenters. The normalized spacial score (nSPS) is 10.8. The van der Waals surface area contributed by atoms with E-state index < -0.39 is 0 Å². The topological polar surface area (TPSA) is 62.5 Å². The molecule has 2 aromatic rings. The van der Waals surface area contributed by atoms with Gasteiger partial charge in [-0.15, -0.1) is 0 Å². The Labute approximate surface area is 124 Å². The minimum absolute atomic E-state index is 0.183. The number of carbonyl (C=O) groups excluding carboxylic acids is 1. The number of imidazole rings is 1. The highest BCUT2D eigenvalue weighted by molar-refractivity contribution is 5.82. The molecule has 21 heavy (non-hydrogen) atoms. The predicted octanol–water partition coefficient (Wildman–Crippen LogP) is 1.41. The lowest BCUT2D eigenvalue weighted by atomic mass is 10.2. The zero-order valence-electron chi connectivity index (χ0n) is 12.4. The molecular formula is C15H19N5O. The Morgan fingerprint density at radius 1 is 1.38 bits per heavy atom. The third-order valence-electron chi connectivity index (χ3n) is 3.05. The molecule has 1 heterocycles. The molecule has 0 saturated carbocycles. The Balaban J connectivity index is 1.87. The van der Waals surface area contributed by atoms with Crippen LogP contribution in [0, 0.1) is 6.92 Å². The molecule has 0 fully saturated rings. The van der Waals surface area contributed by atoms with Gasteiger partial charge in [0.05, 0.1) is 6.21 Å². The number of nitrogens with zero attached hydrogens (tertiary/aromatic N) is 4. The maximum Gasteiger partial charge on any atom is 0.260 e. The first-order valence-corrected chi connectivity index (χ1v) is 6.63. The number of nitrogens with one attached hydrogen (secondary N) is 1. The van der Waals surface area contributed by atoms with Gasteiger partial charge in [-0.05, 0) is 24.6 Å². The van der Waals surface area contributed by atoms with Gasteiger partial charge < -0.3 is 9.47 Å². The van der Waals surface area contributed by atoms with Gasteiger partial charge in [-0.1, -0.05) is 12.1 Å². The molecule has 0 radical (unpaired) electrons. The predicted molar refractivity (Wildman–Crippen MR) is 83.5 cm³/mol. The lowest BCUT2D eigenvalue weighted by molar-refractivity contribution is -0.121. The zero-order chi connectivity index (χ0) is 15.2. The van der Waals surface area contributed by atoms with Crippen LogP contribution >= 0.6 is 0 Å². The van der Waals surface area contributed by atoms with Gasteiger partial charge in [-0.2, -0.15) is 5.10 Å². The summed E-state index contributed by atoms with van der Waals surface area (Å²) < 4.78 is 1.76. The molecule has 0 bridgehead atoms. The van der Waals surface area contributed by atoms with Crippen molar-refractivity contribution in [1.82, 2.24) is 15.0 Å². The number of hydrogen-bond donors (Lipinski definition) is 1. The fourth-order valence-electron chi connectivity index (χ4n) is 1.80. The number of hydrogen-bond acceptors (Lipinski definition) is 4. The van der Waals surface area contributed by atoms with Crippen molar-refractivity contribution in [2.24, 2.45) is 5.10 Å². The van der Waals surface area contributed by atoms with E-state index in [2.05, 4.69) is 15.5 Å². The number of benzene rings is 1. The second-order valence-electron chi connectivity index (χ2n) is 4.88. The number of anilines is 1. The smallest absolute Gasteiger partial charge is 0.260 e. The average Bonchev–Trinajstić information content (AvgIpc) is 2.85. The molecule has 0 spiro atoms. The molecule has 0 saturated heterocycles. The number of rotatable bonds is 5. The van der Waals surface area contributed by atoms with Crippen LogP contribution in [0.25, 0.3) is 0 Å². The Morgan fingerprint density at radius 2 is 2.10 bits per heavy atom. The highest BCUT2D eigenvalue weighted by Crippen LogP contribution is 2.10. The number of aromatic nitrogens is 2. The molecule has 0 aliphatic heterocycles. The van der Waals surface area contributed by atoms with E-state index in [9.17, 15) is 4.79 Å². The van der Waals surface area contributed by atoms with E-state index in [1.807, 2.05) is 50.2 Å². The molecule has 1 aromatic carbocycles. The Morgan fingerprint density at radius 3 is 2.67 bits per heavy atom. The largest absolute Gasteiger partial charge is 0.378 e.